The van der Waals surface area contributed by atoms with Gasteiger partial charge in [-0.1, -0.05) is 12.1 Å². The molecular formula is C20H12F8N2O3. The first-order chi connectivity index (χ1) is 15.3. The smallest absolute Gasteiger partial charge is 0.274 e. The van der Waals surface area contributed by atoms with E-state index in [4.69, 9.17) is 0 Å². The molecule has 1 saturated heterocycles. The second-order valence-electron chi connectivity index (χ2n) is 7.03. The van der Waals surface area contributed by atoms with Crippen LogP contribution >= 0.6 is 0 Å². The minimum absolute atomic E-state index is 0.274. The van der Waals surface area contributed by atoms with Crippen molar-refractivity contribution < 1.29 is 49.5 Å². The zero-order valence-electron chi connectivity index (χ0n) is 16.2. The number of imide groups is 2. The summed E-state index contributed by atoms with van der Waals surface area (Å²) in [6.07, 6.45) is -1.28. The van der Waals surface area contributed by atoms with Crippen LogP contribution in [-0.4, -0.2) is 40.7 Å². The number of carbonyl (C=O) groups excluding carboxylic acids is 3. The molecule has 176 valence electrons. The lowest BCUT2D eigenvalue weighted by atomic mass is 10.0. The first kappa shape index (κ1) is 24.1. The number of hydrogen-bond donors (Lipinski definition) is 0. The monoisotopic (exact) mass is 480 g/mol. The van der Waals surface area contributed by atoms with Crippen LogP contribution in [0.5, 0.6) is 0 Å². The van der Waals surface area contributed by atoms with Crippen LogP contribution in [0.4, 0.5) is 39.9 Å². The fraction of sp³-hybridized carbons (Fsp3) is 0.250. The van der Waals surface area contributed by atoms with Crippen molar-refractivity contribution in [3.05, 3.63) is 70.8 Å². The second kappa shape index (κ2) is 8.45. The quantitative estimate of drug-likeness (QED) is 0.458. The van der Waals surface area contributed by atoms with Crippen molar-refractivity contribution in [2.24, 2.45) is 0 Å². The van der Waals surface area contributed by atoms with Gasteiger partial charge >= 0.3 is 6.03 Å². The van der Waals surface area contributed by atoms with E-state index < -0.39 is 83.6 Å². The maximum absolute atomic E-state index is 14.6. The molecule has 0 spiro atoms. The number of urea groups is 1. The number of hydrogen-bond acceptors (Lipinski definition) is 3. The lowest BCUT2D eigenvalue weighted by Crippen LogP contribution is -2.59. The number of halogens is 8. The summed E-state index contributed by atoms with van der Waals surface area (Å²) >= 11 is 0. The van der Waals surface area contributed by atoms with Gasteiger partial charge in [0.15, 0.2) is 23.3 Å². The standard InChI is InChI=1S/C20H12F8N2O3/c21-12-5-1-3-10(16(12)23)19(25,26)8-29-14(31)7-15(32)30(18(29)33)9-20(27,28)11-4-2-6-13(22)17(11)24/h1-6H,7-9H2. The third-order valence-electron chi connectivity index (χ3n) is 4.77. The van der Waals surface area contributed by atoms with Crippen LogP contribution in [-0.2, 0) is 21.4 Å². The maximum Gasteiger partial charge on any atom is 0.333 e. The van der Waals surface area contributed by atoms with E-state index in [9.17, 15) is 49.5 Å². The van der Waals surface area contributed by atoms with E-state index in [1.165, 1.54) is 0 Å². The van der Waals surface area contributed by atoms with E-state index in [0.717, 1.165) is 12.1 Å². The molecule has 5 nitrogen and oxygen atoms in total. The number of barbiturate groups is 1. The largest absolute Gasteiger partial charge is 0.333 e. The average Bonchev–Trinajstić information content (AvgIpc) is 2.72. The normalized spacial score (nSPS) is 15.5. The Morgan fingerprint density at radius 3 is 1.39 bits per heavy atom. The van der Waals surface area contributed by atoms with Crippen molar-refractivity contribution >= 4 is 17.8 Å². The van der Waals surface area contributed by atoms with E-state index in [2.05, 4.69) is 0 Å². The van der Waals surface area contributed by atoms with Gasteiger partial charge in [-0.15, -0.1) is 0 Å². The summed E-state index contributed by atoms with van der Waals surface area (Å²) in [5.41, 5.74) is -3.03. The molecule has 0 atom stereocenters. The first-order valence-electron chi connectivity index (χ1n) is 9.05. The van der Waals surface area contributed by atoms with Gasteiger partial charge in [0, 0.05) is 0 Å². The molecule has 13 heteroatoms. The fourth-order valence-corrected chi connectivity index (χ4v) is 3.13. The Labute approximate surface area is 180 Å². The molecule has 0 N–H and O–H groups in total. The van der Waals surface area contributed by atoms with Gasteiger partial charge in [-0.25, -0.2) is 22.4 Å². The summed E-state index contributed by atoms with van der Waals surface area (Å²) in [5, 5.41) is 0. The van der Waals surface area contributed by atoms with Crippen LogP contribution in [0.3, 0.4) is 0 Å². The zero-order chi connectivity index (χ0) is 24.7. The lowest BCUT2D eigenvalue weighted by molar-refractivity contribution is -0.150. The molecule has 0 aliphatic carbocycles. The number of carbonyl (C=O) groups is 3. The minimum atomic E-state index is -4.36. The number of benzene rings is 2. The SMILES string of the molecule is O=C1CC(=O)N(CC(F)(F)c2cccc(F)c2F)C(=O)N1CC(F)(F)c1cccc(F)c1F. The second-order valence-corrected chi connectivity index (χ2v) is 7.03. The van der Waals surface area contributed by atoms with E-state index in [1.807, 2.05) is 0 Å². The van der Waals surface area contributed by atoms with Gasteiger partial charge in [0.2, 0.25) is 11.8 Å². The molecule has 1 heterocycles. The highest BCUT2D eigenvalue weighted by molar-refractivity contribution is 6.14. The molecule has 0 radical (unpaired) electrons. The van der Waals surface area contributed by atoms with Gasteiger partial charge in [-0.3, -0.25) is 19.4 Å². The van der Waals surface area contributed by atoms with Gasteiger partial charge in [-0.05, 0) is 24.3 Å². The van der Waals surface area contributed by atoms with Gasteiger partial charge in [-0.2, -0.15) is 17.6 Å². The van der Waals surface area contributed by atoms with Crippen molar-refractivity contribution in [2.45, 2.75) is 18.3 Å². The Kier molecular flexibility index (Phi) is 6.18. The molecule has 0 aromatic heterocycles. The Hall–Kier alpha value is -3.51. The molecule has 2 aromatic rings. The number of amides is 4. The van der Waals surface area contributed by atoms with Crippen molar-refractivity contribution in [1.29, 1.82) is 0 Å². The summed E-state index contributed by atoms with van der Waals surface area (Å²) in [6, 6.07) is 1.63. The lowest BCUT2D eigenvalue weighted by Gasteiger charge is -2.36. The van der Waals surface area contributed by atoms with Crippen LogP contribution in [0, 0.1) is 23.3 Å². The molecular weight excluding hydrogens is 468 g/mol. The molecule has 2 aromatic carbocycles. The van der Waals surface area contributed by atoms with Gasteiger partial charge in [0.1, 0.15) is 6.42 Å². The molecule has 3 rings (SSSR count). The maximum atomic E-state index is 14.6. The Balaban J connectivity index is 1.89. The van der Waals surface area contributed by atoms with Crippen molar-refractivity contribution in [1.82, 2.24) is 9.80 Å². The molecule has 1 aliphatic rings. The molecule has 33 heavy (non-hydrogen) atoms. The topological polar surface area (TPSA) is 57.7 Å². The highest BCUT2D eigenvalue weighted by Gasteiger charge is 2.49. The van der Waals surface area contributed by atoms with Gasteiger partial charge in [0.25, 0.3) is 11.8 Å². The van der Waals surface area contributed by atoms with Crippen LogP contribution < -0.4 is 0 Å². The molecule has 0 saturated carbocycles. The molecule has 1 aliphatic heterocycles. The number of rotatable bonds is 6. The Bertz CT molecular complexity index is 1050. The molecule has 4 amide bonds. The highest BCUT2D eigenvalue weighted by Crippen LogP contribution is 2.35. The first-order valence-corrected chi connectivity index (χ1v) is 9.05. The van der Waals surface area contributed by atoms with Gasteiger partial charge < -0.3 is 0 Å². The van der Waals surface area contributed by atoms with Crippen LogP contribution in [0.15, 0.2) is 36.4 Å². The Morgan fingerprint density at radius 1 is 0.667 bits per heavy atom. The Morgan fingerprint density at radius 2 is 1.03 bits per heavy atom. The van der Waals surface area contributed by atoms with E-state index in [1.54, 1.807) is 0 Å². The van der Waals surface area contributed by atoms with E-state index >= 15 is 0 Å². The summed E-state index contributed by atoms with van der Waals surface area (Å²) in [4.78, 5) is 36.0. The van der Waals surface area contributed by atoms with E-state index in [-0.39, 0.29) is 9.80 Å². The highest BCUT2D eigenvalue weighted by atomic mass is 19.3. The molecule has 1 fully saturated rings. The average molecular weight is 480 g/mol. The molecule has 0 bridgehead atoms. The third kappa shape index (κ3) is 4.52. The fourth-order valence-electron chi connectivity index (χ4n) is 3.13. The van der Waals surface area contributed by atoms with Crippen LogP contribution in [0.2, 0.25) is 0 Å². The van der Waals surface area contributed by atoms with Crippen LogP contribution in [0.25, 0.3) is 0 Å². The predicted molar refractivity (Wildman–Crippen MR) is 93.9 cm³/mol. The zero-order valence-corrected chi connectivity index (χ0v) is 16.2. The van der Waals surface area contributed by atoms with Crippen molar-refractivity contribution in [3.8, 4) is 0 Å². The summed E-state index contributed by atoms with van der Waals surface area (Å²) in [5.74, 6) is -18.9. The van der Waals surface area contributed by atoms with Gasteiger partial charge in [0.05, 0.1) is 24.2 Å². The summed E-state index contributed by atoms with van der Waals surface area (Å²) in [6.45, 7) is -3.79. The van der Waals surface area contributed by atoms with E-state index in [0.29, 0.717) is 24.3 Å². The van der Waals surface area contributed by atoms with Crippen LogP contribution in [0.1, 0.15) is 17.5 Å². The van der Waals surface area contributed by atoms with Crippen molar-refractivity contribution in [3.63, 3.8) is 0 Å². The summed E-state index contributed by atoms with van der Waals surface area (Å²) < 4.78 is 112. The molecule has 0 unspecified atom stereocenters. The minimum Gasteiger partial charge on any atom is -0.274 e. The number of alkyl halides is 4. The third-order valence-corrected chi connectivity index (χ3v) is 4.77. The predicted octanol–water partition coefficient (Wildman–Crippen LogP) is 4.31. The number of nitrogens with zero attached hydrogens (tertiary/aromatic N) is 2. The summed E-state index contributed by atoms with van der Waals surface area (Å²) in [7, 11) is 0. The van der Waals surface area contributed by atoms with Crippen molar-refractivity contribution in [2.75, 3.05) is 13.1 Å².